The van der Waals surface area contributed by atoms with E-state index in [1.54, 1.807) is 6.07 Å². The van der Waals surface area contributed by atoms with Gasteiger partial charge in [-0.3, -0.25) is 4.72 Å². The zero-order valence-corrected chi connectivity index (χ0v) is 16.6. The average molecular weight is 368 g/mol. The zero-order chi connectivity index (χ0) is 18.5. The van der Waals surface area contributed by atoms with E-state index in [1.165, 1.54) is 37.8 Å². The van der Waals surface area contributed by atoms with Crippen LogP contribution in [0.3, 0.4) is 0 Å². The van der Waals surface area contributed by atoms with Crippen LogP contribution in [0.15, 0.2) is 24.3 Å². The maximum absolute atomic E-state index is 11.3. The highest BCUT2D eigenvalue weighted by atomic mass is 32.2. The lowest BCUT2D eigenvalue weighted by molar-refractivity contribution is 0.109. The summed E-state index contributed by atoms with van der Waals surface area (Å²) >= 11 is 0. The van der Waals surface area contributed by atoms with E-state index in [-0.39, 0.29) is 5.41 Å². The van der Waals surface area contributed by atoms with Crippen LogP contribution in [0.5, 0.6) is 0 Å². The SMILES string of the molecule is CCCCCCN1CCC(C)(c2cccc(NS(N)(=O)=O)c2)C(C)C1. The highest BCUT2D eigenvalue weighted by molar-refractivity contribution is 7.90. The molecule has 2 atom stereocenters. The van der Waals surface area contributed by atoms with Crippen LogP contribution >= 0.6 is 0 Å². The molecule has 1 fully saturated rings. The van der Waals surface area contributed by atoms with Gasteiger partial charge in [-0.15, -0.1) is 0 Å². The summed E-state index contributed by atoms with van der Waals surface area (Å²) in [5.41, 5.74) is 1.77. The van der Waals surface area contributed by atoms with Gasteiger partial charge in [0.25, 0.3) is 10.2 Å². The third-order valence-corrected chi connectivity index (χ3v) is 6.20. The molecule has 1 aromatic rings. The molecule has 1 aliphatic rings. The summed E-state index contributed by atoms with van der Waals surface area (Å²) in [7, 11) is -3.74. The van der Waals surface area contributed by atoms with Crippen molar-refractivity contribution in [3.8, 4) is 0 Å². The molecule has 2 rings (SSSR count). The zero-order valence-electron chi connectivity index (χ0n) is 15.8. The quantitative estimate of drug-likeness (QED) is 0.691. The maximum atomic E-state index is 11.3. The molecule has 0 saturated carbocycles. The van der Waals surface area contributed by atoms with Crippen LogP contribution < -0.4 is 9.86 Å². The lowest BCUT2D eigenvalue weighted by Crippen LogP contribution is -2.47. The van der Waals surface area contributed by atoms with Gasteiger partial charge in [-0.25, -0.2) is 5.14 Å². The Morgan fingerprint density at radius 3 is 2.72 bits per heavy atom. The Balaban J connectivity index is 2.03. The molecule has 0 spiro atoms. The number of rotatable bonds is 8. The maximum Gasteiger partial charge on any atom is 0.296 e. The van der Waals surface area contributed by atoms with Crippen LogP contribution in [0.1, 0.15) is 58.4 Å². The largest absolute Gasteiger partial charge is 0.303 e. The molecule has 1 aromatic carbocycles. The van der Waals surface area contributed by atoms with Crippen LogP contribution in [0.2, 0.25) is 0 Å². The van der Waals surface area contributed by atoms with Gasteiger partial charge < -0.3 is 4.90 Å². The van der Waals surface area contributed by atoms with Gasteiger partial charge in [0.15, 0.2) is 0 Å². The Labute approximate surface area is 153 Å². The number of anilines is 1. The lowest BCUT2D eigenvalue weighted by atomic mass is 9.68. The van der Waals surface area contributed by atoms with E-state index in [2.05, 4.69) is 36.5 Å². The second kappa shape index (κ2) is 8.52. The molecular formula is C19H33N3O2S. The van der Waals surface area contributed by atoms with Gasteiger partial charge >= 0.3 is 0 Å². The van der Waals surface area contributed by atoms with Crippen LogP contribution in [0.25, 0.3) is 0 Å². The summed E-state index contributed by atoms with van der Waals surface area (Å²) in [6.07, 6.45) is 6.29. The molecule has 0 amide bonds. The van der Waals surface area contributed by atoms with Crippen molar-refractivity contribution in [1.29, 1.82) is 0 Å². The minimum absolute atomic E-state index is 0.0516. The fourth-order valence-electron chi connectivity index (χ4n) is 3.81. The monoisotopic (exact) mass is 367 g/mol. The van der Waals surface area contributed by atoms with E-state index in [4.69, 9.17) is 5.14 Å². The summed E-state index contributed by atoms with van der Waals surface area (Å²) in [6.45, 7) is 10.2. The van der Waals surface area contributed by atoms with E-state index in [1.807, 2.05) is 12.1 Å². The van der Waals surface area contributed by atoms with Gasteiger partial charge in [-0.2, -0.15) is 8.42 Å². The fourth-order valence-corrected chi connectivity index (χ4v) is 4.27. The van der Waals surface area contributed by atoms with Crippen molar-refractivity contribution in [1.82, 2.24) is 4.90 Å². The minimum Gasteiger partial charge on any atom is -0.303 e. The van der Waals surface area contributed by atoms with Gasteiger partial charge in [0.2, 0.25) is 0 Å². The summed E-state index contributed by atoms with van der Waals surface area (Å²) in [5.74, 6) is 0.511. The first-order valence-corrected chi connectivity index (χ1v) is 10.9. The second-order valence-corrected chi connectivity index (χ2v) is 8.95. The molecule has 0 aliphatic carbocycles. The smallest absolute Gasteiger partial charge is 0.296 e. The standard InChI is InChI=1S/C19H33N3O2S/c1-4-5-6-7-12-22-13-11-19(3,16(2)15-22)17-9-8-10-18(14-17)21-25(20,23)24/h8-10,14,16,21H,4-7,11-13,15H2,1-3H3,(H2,20,23,24). The van der Waals surface area contributed by atoms with E-state index in [0.29, 0.717) is 11.6 Å². The van der Waals surface area contributed by atoms with Gasteiger partial charge in [-0.1, -0.05) is 52.2 Å². The molecular weight excluding hydrogens is 334 g/mol. The number of nitrogens with one attached hydrogen (secondary N) is 1. The molecule has 1 saturated heterocycles. The topological polar surface area (TPSA) is 75.4 Å². The molecule has 25 heavy (non-hydrogen) atoms. The van der Waals surface area contributed by atoms with E-state index >= 15 is 0 Å². The Kier molecular flexibility index (Phi) is 6.88. The van der Waals surface area contributed by atoms with Crippen molar-refractivity contribution >= 4 is 15.9 Å². The van der Waals surface area contributed by atoms with Gasteiger partial charge in [-0.05, 0) is 55.0 Å². The molecule has 6 heteroatoms. The summed E-state index contributed by atoms with van der Waals surface area (Å²) in [6, 6.07) is 7.67. The first-order valence-electron chi connectivity index (χ1n) is 9.38. The summed E-state index contributed by atoms with van der Waals surface area (Å²) in [5, 5.41) is 5.10. The number of benzene rings is 1. The molecule has 0 bridgehead atoms. The fraction of sp³-hybridized carbons (Fsp3) is 0.684. The lowest BCUT2D eigenvalue weighted by Gasteiger charge is -2.45. The van der Waals surface area contributed by atoms with Gasteiger partial charge in [0.05, 0.1) is 5.69 Å². The van der Waals surface area contributed by atoms with Crippen molar-refractivity contribution in [2.45, 2.75) is 58.3 Å². The van der Waals surface area contributed by atoms with Crippen molar-refractivity contribution in [2.75, 3.05) is 24.4 Å². The number of nitrogens with two attached hydrogens (primary N) is 1. The predicted molar refractivity (Wildman–Crippen MR) is 105 cm³/mol. The molecule has 3 N–H and O–H groups in total. The number of likely N-dealkylation sites (tertiary alicyclic amines) is 1. The number of unbranched alkanes of at least 4 members (excludes halogenated alkanes) is 3. The molecule has 2 unspecified atom stereocenters. The normalized spacial score (nSPS) is 25.0. The molecule has 0 radical (unpaired) electrons. The third kappa shape index (κ3) is 5.69. The molecule has 0 aromatic heterocycles. The third-order valence-electron chi connectivity index (χ3n) is 5.68. The first kappa shape index (κ1) is 20.2. The molecule has 142 valence electrons. The predicted octanol–water partition coefficient (Wildman–Crippen LogP) is 3.48. The van der Waals surface area contributed by atoms with Crippen LogP contribution in [0.4, 0.5) is 5.69 Å². The van der Waals surface area contributed by atoms with Crippen LogP contribution in [-0.4, -0.2) is 33.0 Å². The minimum atomic E-state index is -3.74. The number of hydrogen-bond acceptors (Lipinski definition) is 3. The van der Waals surface area contributed by atoms with Crippen LogP contribution in [0, 0.1) is 5.92 Å². The van der Waals surface area contributed by atoms with Crippen molar-refractivity contribution in [2.24, 2.45) is 11.1 Å². The van der Waals surface area contributed by atoms with E-state index in [0.717, 1.165) is 19.5 Å². The number of piperidine rings is 1. The van der Waals surface area contributed by atoms with Crippen molar-refractivity contribution in [3.63, 3.8) is 0 Å². The molecule has 1 aliphatic heterocycles. The highest BCUT2D eigenvalue weighted by Crippen LogP contribution is 2.40. The van der Waals surface area contributed by atoms with Gasteiger partial charge in [0.1, 0.15) is 0 Å². The van der Waals surface area contributed by atoms with Gasteiger partial charge in [0, 0.05) is 6.54 Å². The Hall–Kier alpha value is -1.11. The van der Waals surface area contributed by atoms with Crippen LogP contribution in [-0.2, 0) is 15.6 Å². The summed E-state index contributed by atoms with van der Waals surface area (Å²) < 4.78 is 24.9. The Morgan fingerprint density at radius 1 is 1.32 bits per heavy atom. The number of hydrogen-bond donors (Lipinski definition) is 2. The molecule has 1 heterocycles. The van der Waals surface area contributed by atoms with E-state index < -0.39 is 10.2 Å². The second-order valence-electron chi connectivity index (χ2n) is 7.66. The average Bonchev–Trinajstić information content (AvgIpc) is 2.53. The van der Waals surface area contributed by atoms with Crippen molar-refractivity contribution < 1.29 is 8.42 Å². The first-order chi connectivity index (χ1) is 11.7. The highest BCUT2D eigenvalue weighted by Gasteiger charge is 2.37. The van der Waals surface area contributed by atoms with Crippen molar-refractivity contribution in [3.05, 3.63) is 29.8 Å². The Morgan fingerprint density at radius 2 is 2.08 bits per heavy atom. The van der Waals surface area contributed by atoms with E-state index in [9.17, 15) is 8.42 Å². The number of nitrogens with zero attached hydrogens (tertiary/aromatic N) is 1. The Bertz CT molecular complexity index is 662. The summed E-state index contributed by atoms with van der Waals surface area (Å²) in [4.78, 5) is 2.58. The molecule has 5 nitrogen and oxygen atoms in total.